The summed E-state index contributed by atoms with van der Waals surface area (Å²) in [6, 6.07) is 16.1. The minimum Gasteiger partial charge on any atom is -0.488 e. The lowest BCUT2D eigenvalue weighted by molar-refractivity contribution is -0.0790. The van der Waals surface area contributed by atoms with E-state index in [1.807, 2.05) is 30.3 Å². The SMILES string of the molecule is FC(F)(F)/C=C/c1ccccc1OCc1ccccc1. The molecule has 0 aromatic heterocycles. The number of halogens is 3. The molecule has 104 valence electrons. The van der Waals surface area contributed by atoms with Crippen LogP contribution in [-0.2, 0) is 6.61 Å². The Labute approximate surface area is 115 Å². The average Bonchev–Trinajstić information content (AvgIpc) is 2.44. The van der Waals surface area contributed by atoms with Crippen LogP contribution < -0.4 is 4.74 Å². The van der Waals surface area contributed by atoms with Gasteiger partial charge in [-0.15, -0.1) is 0 Å². The molecule has 0 fully saturated rings. The Morgan fingerprint density at radius 2 is 1.55 bits per heavy atom. The van der Waals surface area contributed by atoms with Crippen molar-refractivity contribution in [1.82, 2.24) is 0 Å². The first kappa shape index (κ1) is 14.2. The molecule has 0 N–H and O–H groups in total. The Hall–Kier alpha value is -2.23. The summed E-state index contributed by atoms with van der Waals surface area (Å²) >= 11 is 0. The molecule has 0 radical (unpaired) electrons. The van der Waals surface area contributed by atoms with E-state index in [2.05, 4.69) is 0 Å². The Bertz CT molecular complexity index is 574. The molecule has 0 heterocycles. The van der Waals surface area contributed by atoms with E-state index in [9.17, 15) is 13.2 Å². The van der Waals surface area contributed by atoms with Crippen LogP contribution in [0.3, 0.4) is 0 Å². The van der Waals surface area contributed by atoms with Crippen molar-refractivity contribution in [2.45, 2.75) is 12.8 Å². The van der Waals surface area contributed by atoms with Crippen molar-refractivity contribution in [2.24, 2.45) is 0 Å². The van der Waals surface area contributed by atoms with Crippen molar-refractivity contribution in [1.29, 1.82) is 0 Å². The summed E-state index contributed by atoms with van der Waals surface area (Å²) in [4.78, 5) is 0. The van der Waals surface area contributed by atoms with Crippen LogP contribution in [0, 0.1) is 0 Å². The van der Waals surface area contributed by atoms with Gasteiger partial charge in [0.2, 0.25) is 0 Å². The van der Waals surface area contributed by atoms with E-state index in [0.717, 1.165) is 11.6 Å². The number of para-hydroxylation sites is 1. The van der Waals surface area contributed by atoms with Crippen LogP contribution in [0.2, 0.25) is 0 Å². The Morgan fingerprint density at radius 3 is 2.25 bits per heavy atom. The predicted molar refractivity (Wildman–Crippen MR) is 72.3 cm³/mol. The lowest BCUT2D eigenvalue weighted by Crippen LogP contribution is -2.01. The van der Waals surface area contributed by atoms with Gasteiger partial charge in [0.1, 0.15) is 12.4 Å². The van der Waals surface area contributed by atoms with Crippen molar-refractivity contribution in [3.8, 4) is 5.75 Å². The molecule has 0 spiro atoms. The highest BCUT2D eigenvalue weighted by molar-refractivity contribution is 5.57. The molecule has 4 heteroatoms. The lowest BCUT2D eigenvalue weighted by atomic mass is 10.2. The number of rotatable bonds is 4. The maximum atomic E-state index is 12.2. The molecule has 0 aliphatic heterocycles. The number of benzene rings is 2. The summed E-state index contributed by atoms with van der Waals surface area (Å²) in [6.07, 6.45) is -3.11. The molecule has 0 bridgehead atoms. The van der Waals surface area contributed by atoms with Crippen LogP contribution in [0.5, 0.6) is 5.75 Å². The van der Waals surface area contributed by atoms with E-state index >= 15 is 0 Å². The first-order chi connectivity index (χ1) is 9.54. The van der Waals surface area contributed by atoms with Gasteiger partial charge < -0.3 is 4.74 Å². The minimum atomic E-state index is -4.33. The molecule has 2 aromatic rings. The summed E-state index contributed by atoms with van der Waals surface area (Å²) in [5, 5.41) is 0. The zero-order chi connectivity index (χ0) is 14.4. The van der Waals surface area contributed by atoms with Gasteiger partial charge in [0.05, 0.1) is 0 Å². The van der Waals surface area contributed by atoms with Gasteiger partial charge in [0.15, 0.2) is 0 Å². The van der Waals surface area contributed by atoms with E-state index in [1.165, 1.54) is 0 Å². The third kappa shape index (κ3) is 4.46. The molecule has 0 unspecified atom stereocenters. The molecule has 0 saturated carbocycles. The van der Waals surface area contributed by atoms with Gasteiger partial charge in [0.25, 0.3) is 0 Å². The monoisotopic (exact) mass is 278 g/mol. The van der Waals surface area contributed by atoms with Gasteiger partial charge in [-0.1, -0.05) is 48.5 Å². The van der Waals surface area contributed by atoms with Crippen molar-refractivity contribution >= 4 is 6.08 Å². The van der Waals surface area contributed by atoms with Crippen molar-refractivity contribution in [3.63, 3.8) is 0 Å². The highest BCUT2D eigenvalue weighted by Crippen LogP contribution is 2.24. The number of hydrogen-bond acceptors (Lipinski definition) is 1. The first-order valence-corrected chi connectivity index (χ1v) is 6.06. The van der Waals surface area contributed by atoms with E-state index in [-0.39, 0.29) is 6.08 Å². The number of allylic oxidation sites excluding steroid dienone is 1. The van der Waals surface area contributed by atoms with Crippen LogP contribution in [-0.4, -0.2) is 6.18 Å². The summed E-state index contributed by atoms with van der Waals surface area (Å²) in [7, 11) is 0. The second-order valence-electron chi connectivity index (χ2n) is 4.19. The van der Waals surface area contributed by atoms with Crippen LogP contribution in [0.4, 0.5) is 13.2 Å². The van der Waals surface area contributed by atoms with Gasteiger partial charge in [-0.05, 0) is 17.7 Å². The van der Waals surface area contributed by atoms with Crippen molar-refractivity contribution in [2.75, 3.05) is 0 Å². The van der Waals surface area contributed by atoms with Gasteiger partial charge in [-0.25, -0.2) is 0 Å². The lowest BCUT2D eigenvalue weighted by Gasteiger charge is -2.09. The van der Waals surface area contributed by atoms with Crippen LogP contribution in [0.15, 0.2) is 60.7 Å². The molecule has 0 amide bonds. The zero-order valence-electron chi connectivity index (χ0n) is 10.6. The fourth-order valence-electron chi connectivity index (χ4n) is 1.67. The predicted octanol–water partition coefficient (Wildman–Crippen LogP) is 4.84. The second kappa shape index (κ2) is 6.28. The largest absolute Gasteiger partial charge is 0.488 e. The molecule has 1 nitrogen and oxygen atoms in total. The fourth-order valence-corrected chi connectivity index (χ4v) is 1.67. The zero-order valence-corrected chi connectivity index (χ0v) is 10.6. The van der Waals surface area contributed by atoms with E-state index < -0.39 is 6.18 Å². The Kier molecular flexibility index (Phi) is 4.45. The molecule has 0 aliphatic rings. The van der Waals surface area contributed by atoms with Crippen LogP contribution in [0.25, 0.3) is 6.08 Å². The van der Waals surface area contributed by atoms with E-state index in [4.69, 9.17) is 4.74 Å². The van der Waals surface area contributed by atoms with Gasteiger partial charge in [-0.3, -0.25) is 0 Å². The molecule has 2 rings (SSSR count). The van der Waals surface area contributed by atoms with E-state index in [1.54, 1.807) is 24.3 Å². The highest BCUT2D eigenvalue weighted by Gasteiger charge is 2.22. The second-order valence-corrected chi connectivity index (χ2v) is 4.19. The van der Waals surface area contributed by atoms with Gasteiger partial charge in [0, 0.05) is 11.6 Å². The maximum absolute atomic E-state index is 12.2. The smallest absolute Gasteiger partial charge is 0.409 e. The summed E-state index contributed by atoms with van der Waals surface area (Å²) in [5.41, 5.74) is 1.36. The average molecular weight is 278 g/mol. The number of hydrogen-bond donors (Lipinski definition) is 0. The normalized spacial score (nSPS) is 11.8. The molecule has 2 aromatic carbocycles. The molecular weight excluding hydrogens is 265 g/mol. The molecule has 0 saturated heterocycles. The summed E-state index contributed by atoms with van der Waals surface area (Å²) in [5.74, 6) is 0.428. The van der Waals surface area contributed by atoms with Gasteiger partial charge in [-0.2, -0.15) is 13.2 Å². The van der Waals surface area contributed by atoms with Crippen LogP contribution >= 0.6 is 0 Å². The standard InChI is InChI=1S/C16H13F3O/c17-16(18,19)11-10-14-8-4-5-9-15(14)20-12-13-6-2-1-3-7-13/h1-11H,12H2/b11-10+. The quantitative estimate of drug-likeness (QED) is 0.777. The maximum Gasteiger partial charge on any atom is 0.409 e. The molecule has 20 heavy (non-hydrogen) atoms. The Morgan fingerprint density at radius 1 is 0.900 bits per heavy atom. The summed E-state index contributed by atoms with van der Waals surface area (Å²) in [6.45, 7) is 0.317. The molecule has 0 atom stereocenters. The fraction of sp³-hybridized carbons (Fsp3) is 0.125. The van der Waals surface area contributed by atoms with Gasteiger partial charge >= 0.3 is 6.18 Å². The molecule has 0 aliphatic carbocycles. The number of alkyl halides is 3. The number of ether oxygens (including phenoxy) is 1. The molecular formula is C16H13F3O. The third-order valence-electron chi connectivity index (χ3n) is 2.61. The van der Waals surface area contributed by atoms with Crippen LogP contribution in [0.1, 0.15) is 11.1 Å². The third-order valence-corrected chi connectivity index (χ3v) is 2.61. The first-order valence-electron chi connectivity index (χ1n) is 6.06. The topological polar surface area (TPSA) is 9.23 Å². The van der Waals surface area contributed by atoms with Crippen molar-refractivity contribution in [3.05, 3.63) is 71.8 Å². The van der Waals surface area contributed by atoms with E-state index in [0.29, 0.717) is 17.9 Å². The van der Waals surface area contributed by atoms with Crippen molar-refractivity contribution < 1.29 is 17.9 Å². The Balaban J connectivity index is 2.10. The highest BCUT2D eigenvalue weighted by atomic mass is 19.4. The minimum absolute atomic E-state index is 0.206. The summed E-state index contributed by atoms with van der Waals surface area (Å²) < 4.78 is 42.2.